The maximum atomic E-state index is 12.1. The van der Waals surface area contributed by atoms with Gasteiger partial charge in [0.05, 0.1) is 5.69 Å². The molecule has 2 aromatic heterocycles. The summed E-state index contributed by atoms with van der Waals surface area (Å²) >= 11 is 1.78. The van der Waals surface area contributed by atoms with Crippen LogP contribution in [0.5, 0.6) is 0 Å². The van der Waals surface area contributed by atoms with Crippen LogP contribution < -0.4 is 5.32 Å². The van der Waals surface area contributed by atoms with Crippen LogP contribution in [0, 0.1) is 6.92 Å². The van der Waals surface area contributed by atoms with Crippen LogP contribution in [-0.4, -0.2) is 38.8 Å². The lowest BCUT2D eigenvalue weighted by molar-refractivity contribution is 0.0947. The molecule has 5 nitrogen and oxygen atoms in total. The Kier molecular flexibility index (Phi) is 4.19. The normalized spacial score (nSPS) is 10.8. The van der Waals surface area contributed by atoms with E-state index in [2.05, 4.69) is 21.5 Å². The summed E-state index contributed by atoms with van der Waals surface area (Å²) in [4.78, 5) is 20.5. The summed E-state index contributed by atoms with van der Waals surface area (Å²) in [7, 11) is 0. The predicted molar refractivity (Wildman–Crippen MR) is 73.1 cm³/mol. The number of carbonyl (C=O) groups is 1. The van der Waals surface area contributed by atoms with Crippen LogP contribution in [-0.2, 0) is 0 Å². The Morgan fingerprint density at radius 3 is 3.17 bits per heavy atom. The van der Waals surface area contributed by atoms with Crippen molar-refractivity contribution in [2.24, 2.45) is 0 Å². The maximum absolute atomic E-state index is 12.1. The summed E-state index contributed by atoms with van der Waals surface area (Å²) < 4.78 is 1.72. The number of thioether (sulfide) groups is 1. The molecule has 2 aromatic rings. The Morgan fingerprint density at radius 2 is 2.39 bits per heavy atom. The Hall–Kier alpha value is -1.56. The molecule has 0 spiro atoms. The fourth-order valence-corrected chi connectivity index (χ4v) is 2.21. The second kappa shape index (κ2) is 5.86. The molecule has 2 rings (SSSR count). The van der Waals surface area contributed by atoms with E-state index < -0.39 is 0 Å². The van der Waals surface area contributed by atoms with Crippen molar-refractivity contribution in [3.05, 3.63) is 29.8 Å². The number of nitrogens with one attached hydrogen (secondary N) is 1. The molecule has 96 valence electrons. The van der Waals surface area contributed by atoms with Crippen molar-refractivity contribution in [1.82, 2.24) is 19.7 Å². The van der Waals surface area contributed by atoms with Crippen LogP contribution in [0.25, 0.3) is 5.78 Å². The van der Waals surface area contributed by atoms with Crippen molar-refractivity contribution in [1.29, 1.82) is 0 Å². The van der Waals surface area contributed by atoms with E-state index >= 15 is 0 Å². The number of nitrogens with zero attached hydrogens (tertiary/aromatic N) is 3. The van der Waals surface area contributed by atoms with E-state index in [0.29, 0.717) is 23.7 Å². The van der Waals surface area contributed by atoms with Crippen LogP contribution in [0.2, 0.25) is 0 Å². The number of aromatic nitrogens is 3. The molecule has 0 aromatic carbocycles. The fourth-order valence-electron chi connectivity index (χ4n) is 1.77. The van der Waals surface area contributed by atoms with Crippen molar-refractivity contribution in [3.8, 4) is 0 Å². The predicted octanol–water partition coefficient (Wildman–Crippen LogP) is 1.52. The SMILES string of the molecule is CSCCCNC(=O)c1c(C)nc2ncccn12. The Balaban J connectivity index is 2.14. The number of carbonyl (C=O) groups excluding carboxylic acids is 1. The summed E-state index contributed by atoms with van der Waals surface area (Å²) in [5, 5.41) is 2.91. The maximum Gasteiger partial charge on any atom is 0.270 e. The van der Waals surface area contributed by atoms with E-state index in [9.17, 15) is 4.79 Å². The summed E-state index contributed by atoms with van der Waals surface area (Å²) in [5.41, 5.74) is 1.28. The third-order valence-corrected chi connectivity index (χ3v) is 3.30. The quantitative estimate of drug-likeness (QED) is 0.832. The number of hydrogen-bond acceptors (Lipinski definition) is 4. The Bertz CT molecular complexity index is 552. The highest BCUT2D eigenvalue weighted by atomic mass is 32.2. The smallest absolute Gasteiger partial charge is 0.270 e. The van der Waals surface area contributed by atoms with Gasteiger partial charge in [-0.3, -0.25) is 9.20 Å². The van der Waals surface area contributed by atoms with Crippen LogP contribution in [0.3, 0.4) is 0 Å². The van der Waals surface area contributed by atoms with E-state index in [1.165, 1.54) is 0 Å². The molecule has 18 heavy (non-hydrogen) atoms. The highest BCUT2D eigenvalue weighted by molar-refractivity contribution is 7.98. The zero-order valence-electron chi connectivity index (χ0n) is 10.5. The standard InChI is InChI=1S/C12H16N4OS/c1-9-10(11(17)13-6-4-8-18-2)16-7-3-5-14-12(16)15-9/h3,5,7H,4,6,8H2,1-2H3,(H,13,17). The molecular formula is C12H16N4OS. The second-order valence-corrected chi connectivity index (χ2v) is 4.92. The van der Waals surface area contributed by atoms with Gasteiger partial charge in [0.25, 0.3) is 5.91 Å². The molecule has 1 N–H and O–H groups in total. The molecule has 0 fully saturated rings. The van der Waals surface area contributed by atoms with E-state index in [1.807, 2.05) is 6.92 Å². The van der Waals surface area contributed by atoms with Gasteiger partial charge in [0.15, 0.2) is 0 Å². The van der Waals surface area contributed by atoms with Crippen molar-refractivity contribution in [2.45, 2.75) is 13.3 Å². The number of hydrogen-bond donors (Lipinski definition) is 1. The van der Waals surface area contributed by atoms with Gasteiger partial charge in [0.1, 0.15) is 5.69 Å². The number of imidazole rings is 1. The van der Waals surface area contributed by atoms with Gasteiger partial charge in [-0.05, 0) is 31.4 Å². The lowest BCUT2D eigenvalue weighted by Gasteiger charge is -2.05. The van der Waals surface area contributed by atoms with Crippen molar-refractivity contribution in [2.75, 3.05) is 18.6 Å². The lowest BCUT2D eigenvalue weighted by Crippen LogP contribution is -2.26. The summed E-state index contributed by atoms with van der Waals surface area (Å²) in [6.07, 6.45) is 6.50. The van der Waals surface area contributed by atoms with Crippen LogP contribution in [0.15, 0.2) is 18.5 Å². The van der Waals surface area contributed by atoms with E-state index in [0.717, 1.165) is 12.2 Å². The molecule has 0 aliphatic heterocycles. The highest BCUT2D eigenvalue weighted by Crippen LogP contribution is 2.09. The van der Waals surface area contributed by atoms with E-state index in [1.54, 1.807) is 34.6 Å². The first kappa shape index (κ1) is 12.9. The molecule has 2 heterocycles. The molecule has 0 saturated heterocycles. The molecular weight excluding hydrogens is 248 g/mol. The molecule has 0 aliphatic rings. The minimum absolute atomic E-state index is 0.0888. The third kappa shape index (κ3) is 2.64. The van der Waals surface area contributed by atoms with Gasteiger partial charge in [0, 0.05) is 18.9 Å². The molecule has 0 unspecified atom stereocenters. The van der Waals surface area contributed by atoms with Crippen LogP contribution in [0.4, 0.5) is 0 Å². The van der Waals surface area contributed by atoms with Crippen LogP contribution in [0.1, 0.15) is 22.6 Å². The average molecular weight is 264 g/mol. The number of fused-ring (bicyclic) bond motifs is 1. The Morgan fingerprint density at radius 1 is 1.56 bits per heavy atom. The minimum atomic E-state index is -0.0888. The molecule has 0 aliphatic carbocycles. The average Bonchev–Trinajstić information content (AvgIpc) is 2.70. The summed E-state index contributed by atoms with van der Waals surface area (Å²) in [6.45, 7) is 2.51. The van der Waals surface area contributed by atoms with Crippen molar-refractivity contribution >= 4 is 23.4 Å². The monoisotopic (exact) mass is 264 g/mol. The van der Waals surface area contributed by atoms with Gasteiger partial charge in [0.2, 0.25) is 5.78 Å². The molecule has 0 bridgehead atoms. The summed E-state index contributed by atoms with van der Waals surface area (Å²) in [6, 6.07) is 1.79. The van der Waals surface area contributed by atoms with Gasteiger partial charge in [-0.2, -0.15) is 11.8 Å². The van der Waals surface area contributed by atoms with Gasteiger partial charge in [-0.25, -0.2) is 9.97 Å². The molecule has 6 heteroatoms. The molecule has 1 amide bonds. The zero-order valence-corrected chi connectivity index (χ0v) is 11.3. The second-order valence-electron chi connectivity index (χ2n) is 3.94. The fraction of sp³-hybridized carbons (Fsp3) is 0.417. The van der Waals surface area contributed by atoms with E-state index in [-0.39, 0.29) is 5.91 Å². The van der Waals surface area contributed by atoms with Crippen molar-refractivity contribution in [3.63, 3.8) is 0 Å². The van der Waals surface area contributed by atoms with Gasteiger partial charge >= 0.3 is 0 Å². The topological polar surface area (TPSA) is 59.3 Å². The lowest BCUT2D eigenvalue weighted by atomic mass is 10.3. The van der Waals surface area contributed by atoms with Crippen LogP contribution >= 0.6 is 11.8 Å². The zero-order chi connectivity index (χ0) is 13.0. The van der Waals surface area contributed by atoms with Crippen molar-refractivity contribution < 1.29 is 4.79 Å². The minimum Gasteiger partial charge on any atom is -0.351 e. The molecule has 0 radical (unpaired) electrons. The van der Waals surface area contributed by atoms with Gasteiger partial charge in [-0.1, -0.05) is 0 Å². The summed E-state index contributed by atoms with van der Waals surface area (Å²) in [5.74, 6) is 1.52. The number of rotatable bonds is 5. The van der Waals surface area contributed by atoms with Gasteiger partial charge in [-0.15, -0.1) is 0 Å². The Labute approximate surface area is 110 Å². The molecule has 0 atom stereocenters. The largest absolute Gasteiger partial charge is 0.351 e. The molecule has 0 saturated carbocycles. The first-order valence-corrected chi connectivity index (χ1v) is 7.20. The highest BCUT2D eigenvalue weighted by Gasteiger charge is 2.16. The van der Waals surface area contributed by atoms with E-state index in [4.69, 9.17) is 0 Å². The number of amides is 1. The number of aryl methyl sites for hydroxylation is 1. The first-order valence-electron chi connectivity index (χ1n) is 5.81. The first-order chi connectivity index (χ1) is 8.74. The van der Waals surface area contributed by atoms with Gasteiger partial charge < -0.3 is 5.32 Å². The third-order valence-electron chi connectivity index (χ3n) is 2.60.